The van der Waals surface area contributed by atoms with Crippen molar-refractivity contribution in [3.8, 4) is 0 Å². The average Bonchev–Trinajstić information content (AvgIpc) is 2.76. The van der Waals surface area contributed by atoms with E-state index in [4.69, 9.17) is 5.11 Å². The van der Waals surface area contributed by atoms with E-state index in [0.29, 0.717) is 13.0 Å². The summed E-state index contributed by atoms with van der Waals surface area (Å²) in [6, 6.07) is -0.833. The minimum atomic E-state index is -1.03. The van der Waals surface area contributed by atoms with Gasteiger partial charge in [-0.1, -0.05) is 20.3 Å². The number of hydrogen-bond acceptors (Lipinski definition) is 3. The second-order valence-electron chi connectivity index (χ2n) is 5.75. The summed E-state index contributed by atoms with van der Waals surface area (Å²) < 4.78 is 0. The first kappa shape index (κ1) is 16.5. The highest BCUT2D eigenvalue weighted by Gasteiger charge is 2.37. The Balaban J connectivity index is 2.67. The Labute approximate surface area is 119 Å². The SMILES string of the molecule is CCC(C)C(NC(=O)C1CC(=O)N(C(C)C)C1)C(=O)O. The van der Waals surface area contributed by atoms with Crippen molar-refractivity contribution in [1.29, 1.82) is 0 Å². The number of nitrogens with one attached hydrogen (secondary N) is 1. The molecule has 0 radical (unpaired) electrons. The summed E-state index contributed by atoms with van der Waals surface area (Å²) in [5, 5.41) is 11.7. The number of carbonyl (C=O) groups is 3. The van der Waals surface area contributed by atoms with Crippen LogP contribution < -0.4 is 5.32 Å². The summed E-state index contributed by atoms with van der Waals surface area (Å²) in [7, 11) is 0. The first-order valence-corrected chi connectivity index (χ1v) is 7.10. The summed E-state index contributed by atoms with van der Waals surface area (Å²) in [6.07, 6.45) is 0.829. The lowest BCUT2D eigenvalue weighted by Gasteiger charge is -2.23. The molecule has 0 saturated carbocycles. The molecule has 2 amide bonds. The van der Waals surface area contributed by atoms with Crippen molar-refractivity contribution in [1.82, 2.24) is 10.2 Å². The minimum absolute atomic E-state index is 0.0458. The summed E-state index contributed by atoms with van der Waals surface area (Å²) in [5.41, 5.74) is 0. The van der Waals surface area contributed by atoms with Gasteiger partial charge in [-0.3, -0.25) is 9.59 Å². The van der Waals surface area contributed by atoms with Gasteiger partial charge in [0.05, 0.1) is 5.92 Å². The van der Waals surface area contributed by atoms with Crippen LogP contribution in [-0.4, -0.2) is 46.4 Å². The molecule has 3 unspecified atom stereocenters. The molecule has 114 valence electrons. The Bertz CT molecular complexity index is 395. The van der Waals surface area contributed by atoms with Crippen molar-refractivity contribution < 1.29 is 19.5 Å². The van der Waals surface area contributed by atoms with E-state index < -0.39 is 17.9 Å². The molecule has 1 heterocycles. The fraction of sp³-hybridized carbons (Fsp3) is 0.786. The standard InChI is InChI=1S/C14H24N2O4/c1-5-9(4)12(14(19)20)15-13(18)10-6-11(17)16(7-10)8(2)3/h8-10,12H,5-7H2,1-4H3,(H,15,18)(H,19,20). The van der Waals surface area contributed by atoms with Crippen LogP contribution in [0.25, 0.3) is 0 Å². The van der Waals surface area contributed by atoms with E-state index in [9.17, 15) is 14.4 Å². The number of carboxylic acids is 1. The number of rotatable bonds is 6. The lowest BCUT2D eigenvalue weighted by atomic mass is 9.98. The smallest absolute Gasteiger partial charge is 0.326 e. The lowest BCUT2D eigenvalue weighted by molar-refractivity contribution is -0.144. The molecule has 0 bridgehead atoms. The highest BCUT2D eigenvalue weighted by Crippen LogP contribution is 2.21. The number of amides is 2. The van der Waals surface area contributed by atoms with E-state index in [1.807, 2.05) is 20.8 Å². The van der Waals surface area contributed by atoms with E-state index in [0.717, 1.165) is 0 Å². The van der Waals surface area contributed by atoms with Gasteiger partial charge in [0.15, 0.2) is 0 Å². The van der Waals surface area contributed by atoms with Crippen LogP contribution in [0, 0.1) is 11.8 Å². The number of carboxylic acid groups (broad SMARTS) is 1. The zero-order valence-corrected chi connectivity index (χ0v) is 12.5. The second-order valence-corrected chi connectivity index (χ2v) is 5.75. The zero-order valence-electron chi connectivity index (χ0n) is 12.5. The molecule has 0 spiro atoms. The molecule has 6 heteroatoms. The van der Waals surface area contributed by atoms with Crippen molar-refractivity contribution >= 4 is 17.8 Å². The van der Waals surface area contributed by atoms with Crippen LogP contribution in [0.3, 0.4) is 0 Å². The lowest BCUT2D eigenvalue weighted by Crippen LogP contribution is -2.47. The normalized spacial score (nSPS) is 21.9. The molecule has 3 atom stereocenters. The van der Waals surface area contributed by atoms with Gasteiger partial charge in [-0.25, -0.2) is 4.79 Å². The van der Waals surface area contributed by atoms with Gasteiger partial charge in [0.2, 0.25) is 11.8 Å². The van der Waals surface area contributed by atoms with E-state index in [1.165, 1.54) is 0 Å². The van der Waals surface area contributed by atoms with Crippen LogP contribution in [0.5, 0.6) is 0 Å². The fourth-order valence-electron chi connectivity index (χ4n) is 2.36. The average molecular weight is 284 g/mol. The van der Waals surface area contributed by atoms with Gasteiger partial charge in [0.25, 0.3) is 0 Å². The Morgan fingerprint density at radius 3 is 2.40 bits per heavy atom. The van der Waals surface area contributed by atoms with Crippen LogP contribution in [0.1, 0.15) is 40.5 Å². The predicted molar refractivity (Wildman–Crippen MR) is 74.0 cm³/mol. The largest absolute Gasteiger partial charge is 0.480 e. The van der Waals surface area contributed by atoms with Crippen LogP contribution in [0.2, 0.25) is 0 Å². The van der Waals surface area contributed by atoms with Crippen LogP contribution in [0.4, 0.5) is 0 Å². The third-order valence-electron chi connectivity index (χ3n) is 3.93. The van der Waals surface area contributed by atoms with E-state index >= 15 is 0 Å². The first-order chi connectivity index (χ1) is 9.27. The topological polar surface area (TPSA) is 86.7 Å². The molecule has 1 saturated heterocycles. The van der Waals surface area contributed by atoms with Crippen molar-refractivity contribution in [3.63, 3.8) is 0 Å². The molecule has 20 heavy (non-hydrogen) atoms. The molecule has 6 nitrogen and oxygen atoms in total. The molecule has 0 aromatic rings. The Kier molecular flexibility index (Phi) is 5.53. The van der Waals surface area contributed by atoms with E-state index in [1.54, 1.807) is 11.8 Å². The molecular formula is C14H24N2O4. The van der Waals surface area contributed by atoms with Crippen molar-refractivity contribution in [2.75, 3.05) is 6.54 Å². The summed E-state index contributed by atoms with van der Waals surface area (Å²) in [5.74, 6) is -2.01. The van der Waals surface area contributed by atoms with Gasteiger partial charge < -0.3 is 15.3 Å². The maximum Gasteiger partial charge on any atom is 0.326 e. The van der Waals surface area contributed by atoms with Gasteiger partial charge >= 0.3 is 5.97 Å². The highest BCUT2D eigenvalue weighted by atomic mass is 16.4. The third-order valence-corrected chi connectivity index (χ3v) is 3.93. The van der Waals surface area contributed by atoms with Gasteiger partial charge in [-0.15, -0.1) is 0 Å². The summed E-state index contributed by atoms with van der Waals surface area (Å²) in [4.78, 5) is 36.8. The van der Waals surface area contributed by atoms with E-state index in [-0.39, 0.29) is 30.2 Å². The first-order valence-electron chi connectivity index (χ1n) is 7.10. The third kappa shape index (κ3) is 3.71. The maximum absolute atomic E-state index is 12.1. The van der Waals surface area contributed by atoms with Gasteiger partial charge in [0, 0.05) is 19.0 Å². The van der Waals surface area contributed by atoms with Crippen LogP contribution in [0.15, 0.2) is 0 Å². The quantitative estimate of drug-likeness (QED) is 0.757. The maximum atomic E-state index is 12.1. The van der Waals surface area contributed by atoms with E-state index in [2.05, 4.69) is 5.32 Å². The molecule has 0 aromatic carbocycles. The minimum Gasteiger partial charge on any atom is -0.480 e. The summed E-state index contributed by atoms with van der Waals surface area (Å²) in [6.45, 7) is 7.84. The number of carbonyl (C=O) groups excluding carboxylic acids is 2. The molecule has 1 aliphatic heterocycles. The predicted octanol–water partition coefficient (Wildman–Crippen LogP) is 0.859. The van der Waals surface area contributed by atoms with Crippen LogP contribution in [-0.2, 0) is 14.4 Å². The Morgan fingerprint density at radius 2 is 2.00 bits per heavy atom. The molecule has 1 fully saturated rings. The van der Waals surface area contributed by atoms with Gasteiger partial charge in [-0.2, -0.15) is 0 Å². The van der Waals surface area contributed by atoms with Crippen molar-refractivity contribution in [3.05, 3.63) is 0 Å². The number of likely N-dealkylation sites (tertiary alicyclic amines) is 1. The van der Waals surface area contributed by atoms with Gasteiger partial charge in [0.1, 0.15) is 6.04 Å². The number of hydrogen-bond donors (Lipinski definition) is 2. The number of aliphatic carboxylic acids is 1. The van der Waals surface area contributed by atoms with Crippen molar-refractivity contribution in [2.45, 2.75) is 52.6 Å². The molecular weight excluding hydrogens is 260 g/mol. The molecule has 0 aliphatic carbocycles. The van der Waals surface area contributed by atoms with Crippen molar-refractivity contribution in [2.24, 2.45) is 11.8 Å². The molecule has 1 aliphatic rings. The molecule has 0 aromatic heterocycles. The van der Waals surface area contributed by atoms with Gasteiger partial charge in [-0.05, 0) is 19.8 Å². The molecule has 1 rings (SSSR count). The molecule has 2 N–H and O–H groups in total. The highest BCUT2D eigenvalue weighted by molar-refractivity contribution is 5.91. The van der Waals surface area contributed by atoms with Crippen LogP contribution >= 0.6 is 0 Å². The summed E-state index contributed by atoms with van der Waals surface area (Å²) >= 11 is 0. The zero-order chi connectivity index (χ0) is 15.4. The fourth-order valence-corrected chi connectivity index (χ4v) is 2.36. The monoisotopic (exact) mass is 284 g/mol. The Morgan fingerprint density at radius 1 is 1.40 bits per heavy atom. The Hall–Kier alpha value is -1.59. The second kappa shape index (κ2) is 6.72. The number of nitrogens with zero attached hydrogens (tertiary/aromatic N) is 1.